The van der Waals surface area contributed by atoms with Gasteiger partial charge >= 0.3 is 0 Å². The highest BCUT2D eigenvalue weighted by Crippen LogP contribution is 2.18. The third kappa shape index (κ3) is 4.72. The lowest BCUT2D eigenvalue weighted by Crippen LogP contribution is -3.12. The fourth-order valence-electron chi connectivity index (χ4n) is 2.70. The number of quaternary nitrogens is 1. The first-order valence-corrected chi connectivity index (χ1v) is 10.3. The average molecular weight is 410 g/mol. The van der Waals surface area contributed by atoms with Gasteiger partial charge in [-0.1, -0.05) is 0 Å². The van der Waals surface area contributed by atoms with Crippen LogP contribution in [0, 0.1) is 0 Å². The van der Waals surface area contributed by atoms with Crippen molar-refractivity contribution in [1.29, 1.82) is 0 Å². The van der Waals surface area contributed by atoms with Crippen molar-refractivity contribution in [2.45, 2.75) is 4.90 Å². The van der Waals surface area contributed by atoms with E-state index in [0.29, 0.717) is 18.8 Å². The molecule has 3 N–H and O–H groups in total. The van der Waals surface area contributed by atoms with Crippen LogP contribution in [0.15, 0.2) is 52.0 Å². The van der Waals surface area contributed by atoms with E-state index in [1.165, 1.54) is 33.7 Å². The highest BCUT2D eigenvalue weighted by molar-refractivity contribution is 7.89. The quantitative estimate of drug-likeness (QED) is 0.612. The molecule has 1 aromatic heterocycles. The van der Waals surface area contributed by atoms with Gasteiger partial charge in [0.1, 0.15) is 0 Å². The number of nitrogens with zero attached hydrogens (tertiary/aromatic N) is 1. The van der Waals surface area contributed by atoms with Gasteiger partial charge in [-0.2, -0.15) is 4.31 Å². The molecule has 1 aliphatic heterocycles. The van der Waals surface area contributed by atoms with Crippen LogP contribution in [0.1, 0.15) is 10.6 Å². The van der Waals surface area contributed by atoms with Crippen LogP contribution in [0.3, 0.4) is 0 Å². The predicted molar refractivity (Wildman–Crippen MR) is 104 cm³/mol. The Bertz CT molecular complexity index is 903. The summed E-state index contributed by atoms with van der Waals surface area (Å²) in [5.41, 5.74) is 0.571. The van der Waals surface area contributed by atoms with Crippen molar-refractivity contribution < 1.29 is 22.5 Å². The van der Waals surface area contributed by atoms with E-state index in [4.69, 9.17) is 16.6 Å². The number of hydrogen-bond donors (Lipinski definition) is 3. The summed E-state index contributed by atoms with van der Waals surface area (Å²) >= 11 is 5.09. The maximum absolute atomic E-state index is 12.7. The number of benzene rings is 1. The Morgan fingerprint density at radius 3 is 2.44 bits per heavy atom. The molecule has 1 fully saturated rings. The lowest BCUT2D eigenvalue weighted by molar-refractivity contribution is -0.883. The number of sulfonamides is 1. The van der Waals surface area contributed by atoms with Crippen molar-refractivity contribution in [2.24, 2.45) is 0 Å². The van der Waals surface area contributed by atoms with Crippen molar-refractivity contribution in [3.63, 3.8) is 0 Å². The number of carbonyl (C=O) groups is 1. The molecule has 3 rings (SSSR count). The molecule has 144 valence electrons. The van der Waals surface area contributed by atoms with Crippen molar-refractivity contribution in [1.82, 2.24) is 9.62 Å². The normalized spacial score (nSPS) is 16.0. The number of carbonyl (C=O) groups excluding carboxylic acids is 1. The number of hydrogen-bond acceptors (Lipinski definition) is 5. The van der Waals surface area contributed by atoms with Crippen LogP contribution >= 0.6 is 12.2 Å². The Morgan fingerprint density at radius 1 is 1.19 bits per heavy atom. The maximum atomic E-state index is 12.7. The van der Waals surface area contributed by atoms with E-state index >= 15 is 0 Å². The number of likely N-dealkylation sites (N-methyl/N-ethyl adjacent to an activating group) is 1. The van der Waals surface area contributed by atoms with Gasteiger partial charge in [0, 0.05) is 5.69 Å². The molecular formula is C17H21N4O4S2+. The van der Waals surface area contributed by atoms with Gasteiger partial charge in [-0.25, -0.2) is 8.42 Å². The second kappa shape index (κ2) is 8.17. The molecule has 0 saturated carbocycles. The second-order valence-corrected chi connectivity index (χ2v) is 8.62. The number of nitrogens with one attached hydrogen (secondary N) is 3. The summed E-state index contributed by atoms with van der Waals surface area (Å²) < 4.78 is 31.9. The first-order chi connectivity index (χ1) is 12.9. The third-order valence-corrected chi connectivity index (χ3v) is 6.41. The van der Waals surface area contributed by atoms with Crippen molar-refractivity contribution in [3.8, 4) is 0 Å². The molecule has 1 aliphatic rings. The Balaban J connectivity index is 1.61. The van der Waals surface area contributed by atoms with E-state index in [1.807, 2.05) is 0 Å². The van der Waals surface area contributed by atoms with Crippen molar-refractivity contribution >= 4 is 38.9 Å². The SMILES string of the molecule is C[NH+]1CCN(S(=O)(=O)c2ccc(NC(=S)NC(=O)c3ccco3)cc2)CC1. The van der Waals surface area contributed by atoms with Gasteiger partial charge in [0.05, 0.1) is 44.4 Å². The lowest BCUT2D eigenvalue weighted by Gasteiger charge is -2.29. The minimum absolute atomic E-state index is 0.0917. The summed E-state index contributed by atoms with van der Waals surface area (Å²) in [5.74, 6) is -0.316. The monoisotopic (exact) mass is 409 g/mol. The van der Waals surface area contributed by atoms with Gasteiger partial charge in [-0.05, 0) is 48.6 Å². The summed E-state index contributed by atoms with van der Waals surface area (Å²) in [6, 6.07) is 9.41. The first kappa shape index (κ1) is 19.5. The molecule has 10 heteroatoms. The van der Waals surface area contributed by atoms with Gasteiger partial charge in [0.15, 0.2) is 10.9 Å². The van der Waals surface area contributed by atoms with Crippen LogP contribution < -0.4 is 15.5 Å². The molecule has 0 atom stereocenters. The molecule has 0 spiro atoms. The van der Waals surface area contributed by atoms with E-state index in [2.05, 4.69) is 17.7 Å². The zero-order chi connectivity index (χ0) is 19.4. The molecule has 0 unspecified atom stereocenters. The fourth-order valence-corrected chi connectivity index (χ4v) is 4.35. The lowest BCUT2D eigenvalue weighted by atomic mass is 10.3. The molecule has 0 bridgehead atoms. The summed E-state index contributed by atoms with van der Waals surface area (Å²) in [7, 11) is -1.45. The molecule has 1 amide bonds. The van der Waals surface area contributed by atoms with Gasteiger partial charge in [-0.15, -0.1) is 0 Å². The number of anilines is 1. The standard InChI is InChI=1S/C17H20N4O4S2/c1-20-8-10-21(11-9-20)27(23,24)14-6-4-13(5-7-14)18-17(26)19-16(22)15-3-2-12-25-15/h2-7,12H,8-11H2,1H3,(H2,18,19,22,26)/p+1. The number of furan rings is 1. The van der Waals surface area contributed by atoms with Crippen molar-refractivity contribution in [2.75, 3.05) is 38.5 Å². The number of amides is 1. The van der Waals surface area contributed by atoms with E-state index < -0.39 is 15.9 Å². The van der Waals surface area contributed by atoms with Gasteiger partial charge < -0.3 is 14.6 Å². The van der Waals surface area contributed by atoms with E-state index in [1.54, 1.807) is 18.2 Å². The van der Waals surface area contributed by atoms with Crippen LogP contribution in [0.4, 0.5) is 5.69 Å². The van der Waals surface area contributed by atoms with Crippen LogP contribution in [-0.4, -0.2) is 57.0 Å². The largest absolute Gasteiger partial charge is 0.459 e. The Morgan fingerprint density at radius 2 is 1.85 bits per heavy atom. The summed E-state index contributed by atoms with van der Waals surface area (Å²) in [4.78, 5) is 13.4. The fraction of sp³-hybridized carbons (Fsp3) is 0.294. The van der Waals surface area contributed by atoms with Gasteiger partial charge in [-0.3, -0.25) is 10.1 Å². The molecule has 8 nitrogen and oxygen atoms in total. The van der Waals surface area contributed by atoms with Crippen LogP contribution in [-0.2, 0) is 10.0 Å². The Hall–Kier alpha value is -2.27. The highest BCUT2D eigenvalue weighted by Gasteiger charge is 2.29. The van der Waals surface area contributed by atoms with Crippen LogP contribution in [0.25, 0.3) is 0 Å². The zero-order valence-corrected chi connectivity index (χ0v) is 16.4. The Kier molecular flexibility index (Phi) is 5.90. The molecule has 0 radical (unpaired) electrons. The van der Waals surface area contributed by atoms with Gasteiger partial charge in [0.2, 0.25) is 10.0 Å². The average Bonchev–Trinajstić information content (AvgIpc) is 3.17. The number of piperazine rings is 1. The third-order valence-electron chi connectivity index (χ3n) is 4.30. The second-order valence-electron chi connectivity index (χ2n) is 6.27. The summed E-state index contributed by atoms with van der Waals surface area (Å²) in [6.07, 6.45) is 1.40. The van der Waals surface area contributed by atoms with Gasteiger partial charge in [0.25, 0.3) is 5.91 Å². The molecule has 2 aromatic rings. The minimum atomic E-state index is -3.50. The highest BCUT2D eigenvalue weighted by atomic mass is 32.2. The first-order valence-electron chi connectivity index (χ1n) is 8.43. The minimum Gasteiger partial charge on any atom is -0.459 e. The van der Waals surface area contributed by atoms with E-state index in [0.717, 1.165) is 13.1 Å². The van der Waals surface area contributed by atoms with Crippen molar-refractivity contribution in [3.05, 3.63) is 48.4 Å². The van der Waals surface area contributed by atoms with E-state index in [9.17, 15) is 13.2 Å². The number of rotatable bonds is 4. The predicted octanol–water partition coefficient (Wildman–Crippen LogP) is -0.0746. The topological polar surface area (TPSA) is 96.1 Å². The maximum Gasteiger partial charge on any atom is 0.293 e. The molecule has 1 saturated heterocycles. The van der Waals surface area contributed by atoms with E-state index in [-0.39, 0.29) is 15.8 Å². The molecular weight excluding hydrogens is 388 g/mol. The summed E-state index contributed by atoms with van der Waals surface area (Å²) in [6.45, 7) is 2.61. The molecule has 27 heavy (non-hydrogen) atoms. The smallest absolute Gasteiger partial charge is 0.293 e. The number of thiocarbonyl (C=S) groups is 1. The molecule has 2 heterocycles. The summed E-state index contributed by atoms with van der Waals surface area (Å²) in [5, 5.41) is 5.43. The Labute approximate surface area is 163 Å². The molecule has 0 aliphatic carbocycles. The van der Waals surface area contributed by atoms with Crippen LogP contribution in [0.5, 0.6) is 0 Å². The molecule has 1 aromatic carbocycles. The zero-order valence-electron chi connectivity index (χ0n) is 14.8. The van der Waals surface area contributed by atoms with Crippen LogP contribution in [0.2, 0.25) is 0 Å².